The average molecular weight is 212 g/mol. The number of hydrogen-bond donors (Lipinski definition) is 2. The molecule has 0 saturated heterocycles. The zero-order valence-electron chi connectivity index (χ0n) is 11.0. The highest BCUT2D eigenvalue weighted by molar-refractivity contribution is 4.89. The van der Waals surface area contributed by atoms with Crippen molar-refractivity contribution in [2.75, 3.05) is 0 Å². The van der Waals surface area contributed by atoms with Gasteiger partial charge in [-0.25, -0.2) is 0 Å². The van der Waals surface area contributed by atoms with Gasteiger partial charge in [0.1, 0.15) is 0 Å². The first-order chi connectivity index (χ1) is 6.86. The van der Waals surface area contributed by atoms with Gasteiger partial charge in [0, 0.05) is 6.04 Å². The van der Waals surface area contributed by atoms with Gasteiger partial charge < -0.3 is 0 Å². The van der Waals surface area contributed by atoms with Gasteiger partial charge >= 0.3 is 0 Å². The van der Waals surface area contributed by atoms with Crippen molar-refractivity contribution in [3.63, 3.8) is 0 Å². The van der Waals surface area contributed by atoms with E-state index in [0.29, 0.717) is 6.04 Å². The van der Waals surface area contributed by atoms with Crippen molar-refractivity contribution in [3.8, 4) is 0 Å². The molecular weight excluding hydrogens is 184 g/mol. The van der Waals surface area contributed by atoms with E-state index in [9.17, 15) is 0 Å². The molecule has 0 heterocycles. The van der Waals surface area contributed by atoms with Gasteiger partial charge in [-0.15, -0.1) is 0 Å². The Kier molecular flexibility index (Phi) is 4.19. The van der Waals surface area contributed by atoms with E-state index >= 15 is 0 Å². The summed E-state index contributed by atoms with van der Waals surface area (Å²) >= 11 is 0. The van der Waals surface area contributed by atoms with Crippen molar-refractivity contribution in [2.24, 2.45) is 29.0 Å². The summed E-state index contributed by atoms with van der Waals surface area (Å²) in [5, 5.41) is 0. The van der Waals surface area contributed by atoms with Crippen LogP contribution in [0.3, 0.4) is 0 Å². The number of nitrogens with one attached hydrogen (secondary N) is 1. The molecule has 2 heteroatoms. The summed E-state index contributed by atoms with van der Waals surface area (Å²) in [6.07, 6.45) is 4.02. The van der Waals surface area contributed by atoms with Gasteiger partial charge in [0.05, 0.1) is 0 Å². The Morgan fingerprint density at radius 1 is 1.13 bits per heavy atom. The molecule has 0 spiro atoms. The van der Waals surface area contributed by atoms with Gasteiger partial charge in [0.15, 0.2) is 0 Å². The van der Waals surface area contributed by atoms with E-state index in [4.69, 9.17) is 5.84 Å². The number of nitrogens with two attached hydrogens (primary N) is 1. The third-order valence-corrected chi connectivity index (χ3v) is 4.22. The zero-order valence-corrected chi connectivity index (χ0v) is 11.0. The molecule has 0 aromatic heterocycles. The minimum atomic E-state index is 0.264. The summed E-state index contributed by atoms with van der Waals surface area (Å²) in [7, 11) is 0. The van der Waals surface area contributed by atoms with Crippen LogP contribution in [0.2, 0.25) is 0 Å². The molecule has 0 bridgehead atoms. The fourth-order valence-corrected chi connectivity index (χ4v) is 2.99. The summed E-state index contributed by atoms with van der Waals surface area (Å²) in [4.78, 5) is 0. The van der Waals surface area contributed by atoms with Crippen LogP contribution in [0.5, 0.6) is 0 Å². The molecular formula is C13H28N2. The second kappa shape index (κ2) is 4.84. The Balaban J connectivity index is 2.63. The molecule has 1 saturated carbocycles. The van der Waals surface area contributed by atoms with E-state index in [1.165, 1.54) is 19.3 Å². The van der Waals surface area contributed by atoms with Crippen molar-refractivity contribution in [3.05, 3.63) is 0 Å². The van der Waals surface area contributed by atoms with Crippen LogP contribution in [-0.4, -0.2) is 6.04 Å². The standard InChI is InChI=1S/C13H28N2/c1-9-6-7-11(8-10(9)2)12(15-14)13(3,4)5/h9-12,15H,6-8,14H2,1-5H3. The third kappa shape index (κ3) is 3.18. The monoisotopic (exact) mass is 212 g/mol. The fourth-order valence-electron chi connectivity index (χ4n) is 2.99. The first kappa shape index (κ1) is 13.0. The number of hydrogen-bond acceptors (Lipinski definition) is 2. The van der Waals surface area contributed by atoms with Gasteiger partial charge in [-0.05, 0) is 36.0 Å². The Morgan fingerprint density at radius 3 is 2.13 bits per heavy atom. The van der Waals surface area contributed by atoms with E-state index in [1.54, 1.807) is 0 Å². The molecule has 0 aromatic carbocycles. The average Bonchev–Trinajstić information content (AvgIpc) is 2.10. The normalized spacial score (nSPS) is 35.2. The van der Waals surface area contributed by atoms with Crippen LogP contribution < -0.4 is 11.3 Å². The predicted molar refractivity (Wildman–Crippen MR) is 66.2 cm³/mol. The Morgan fingerprint density at radius 2 is 1.73 bits per heavy atom. The molecule has 1 aliphatic rings. The Labute approximate surface area is 95.0 Å². The molecule has 3 N–H and O–H groups in total. The SMILES string of the molecule is CC1CCC(C(NN)C(C)(C)C)CC1C. The van der Waals surface area contributed by atoms with Crippen LogP contribution in [0, 0.1) is 23.2 Å². The second-order valence-corrected chi connectivity index (χ2v) is 6.54. The molecule has 90 valence electrons. The van der Waals surface area contributed by atoms with Gasteiger partial charge in [0.2, 0.25) is 0 Å². The van der Waals surface area contributed by atoms with E-state index in [0.717, 1.165) is 17.8 Å². The first-order valence-electron chi connectivity index (χ1n) is 6.32. The molecule has 15 heavy (non-hydrogen) atoms. The van der Waals surface area contributed by atoms with E-state index in [2.05, 4.69) is 40.0 Å². The molecule has 4 atom stereocenters. The van der Waals surface area contributed by atoms with Crippen LogP contribution in [0.4, 0.5) is 0 Å². The van der Waals surface area contributed by atoms with E-state index < -0.39 is 0 Å². The van der Waals surface area contributed by atoms with Crippen LogP contribution in [0.25, 0.3) is 0 Å². The molecule has 0 aliphatic heterocycles. The topological polar surface area (TPSA) is 38.0 Å². The maximum absolute atomic E-state index is 5.72. The Hall–Kier alpha value is -0.0800. The molecule has 0 amide bonds. The summed E-state index contributed by atoms with van der Waals surface area (Å²) in [6, 6.07) is 0.451. The lowest BCUT2D eigenvalue weighted by Gasteiger charge is -2.42. The maximum atomic E-state index is 5.72. The lowest BCUT2D eigenvalue weighted by molar-refractivity contribution is 0.112. The quantitative estimate of drug-likeness (QED) is 0.545. The van der Waals surface area contributed by atoms with Gasteiger partial charge in [-0.1, -0.05) is 41.0 Å². The first-order valence-corrected chi connectivity index (χ1v) is 6.32. The lowest BCUT2D eigenvalue weighted by Crippen LogP contribution is -2.50. The minimum Gasteiger partial charge on any atom is -0.271 e. The van der Waals surface area contributed by atoms with Crippen LogP contribution in [-0.2, 0) is 0 Å². The molecule has 1 rings (SSSR count). The van der Waals surface area contributed by atoms with Crippen molar-refractivity contribution in [2.45, 2.75) is 59.9 Å². The van der Waals surface area contributed by atoms with Crippen LogP contribution in [0.1, 0.15) is 53.9 Å². The molecule has 2 nitrogen and oxygen atoms in total. The third-order valence-electron chi connectivity index (χ3n) is 4.22. The van der Waals surface area contributed by atoms with E-state index in [-0.39, 0.29) is 5.41 Å². The van der Waals surface area contributed by atoms with Crippen molar-refractivity contribution < 1.29 is 0 Å². The molecule has 1 aliphatic carbocycles. The highest BCUT2D eigenvalue weighted by Gasteiger charge is 2.35. The van der Waals surface area contributed by atoms with Gasteiger partial charge in [-0.2, -0.15) is 0 Å². The molecule has 4 unspecified atom stereocenters. The fraction of sp³-hybridized carbons (Fsp3) is 1.00. The summed E-state index contributed by atoms with van der Waals surface area (Å²) in [5.41, 5.74) is 3.31. The van der Waals surface area contributed by atoms with Crippen molar-refractivity contribution in [1.82, 2.24) is 5.43 Å². The van der Waals surface area contributed by atoms with Crippen molar-refractivity contribution in [1.29, 1.82) is 0 Å². The predicted octanol–water partition coefficient (Wildman–Crippen LogP) is 2.94. The maximum Gasteiger partial charge on any atom is 0.0287 e. The second-order valence-electron chi connectivity index (χ2n) is 6.54. The lowest BCUT2D eigenvalue weighted by atomic mass is 9.68. The molecule has 0 aromatic rings. The Bertz CT molecular complexity index is 195. The van der Waals surface area contributed by atoms with Crippen LogP contribution in [0.15, 0.2) is 0 Å². The molecule has 1 fully saturated rings. The van der Waals surface area contributed by atoms with Gasteiger partial charge in [-0.3, -0.25) is 11.3 Å². The molecule has 0 radical (unpaired) electrons. The highest BCUT2D eigenvalue weighted by atomic mass is 15.2. The van der Waals surface area contributed by atoms with E-state index in [1.807, 2.05) is 0 Å². The minimum absolute atomic E-state index is 0.264. The van der Waals surface area contributed by atoms with Gasteiger partial charge in [0.25, 0.3) is 0 Å². The van der Waals surface area contributed by atoms with Crippen LogP contribution >= 0.6 is 0 Å². The summed E-state index contributed by atoms with van der Waals surface area (Å²) in [6.45, 7) is 11.6. The highest BCUT2D eigenvalue weighted by Crippen LogP contribution is 2.39. The summed E-state index contributed by atoms with van der Waals surface area (Å²) in [5.74, 6) is 8.21. The smallest absolute Gasteiger partial charge is 0.0287 e. The largest absolute Gasteiger partial charge is 0.271 e. The number of hydrazine groups is 1. The summed E-state index contributed by atoms with van der Waals surface area (Å²) < 4.78 is 0. The zero-order chi connectivity index (χ0) is 11.6. The van der Waals surface area contributed by atoms with Crippen molar-refractivity contribution >= 4 is 0 Å². The number of rotatable bonds is 2.